The van der Waals surface area contributed by atoms with E-state index in [0.29, 0.717) is 18.7 Å². The molecular formula is C35H47F2N5O7S. The Bertz CT molecular complexity index is 1770. The normalized spacial score (nSPS) is 25.1. The third-order valence-electron chi connectivity index (χ3n) is 9.96. The smallest absolute Gasteiger partial charge is 0.295 e. The number of carbonyl (C=O) groups excluding carboxylic acids is 1. The zero-order valence-electron chi connectivity index (χ0n) is 28.9. The van der Waals surface area contributed by atoms with Crippen molar-refractivity contribution in [3.05, 3.63) is 53.6 Å². The second kappa shape index (κ2) is 14.8. The van der Waals surface area contributed by atoms with Crippen molar-refractivity contribution in [3.63, 3.8) is 0 Å². The molecule has 2 unspecified atom stereocenters. The van der Waals surface area contributed by atoms with Crippen molar-refractivity contribution in [1.82, 2.24) is 19.9 Å². The fourth-order valence-electron chi connectivity index (χ4n) is 7.86. The average Bonchev–Trinajstić information content (AvgIpc) is 3.70. The highest BCUT2D eigenvalue weighted by Gasteiger charge is 2.57. The van der Waals surface area contributed by atoms with Crippen LogP contribution in [0.2, 0.25) is 0 Å². The van der Waals surface area contributed by atoms with Crippen molar-refractivity contribution in [3.8, 4) is 0 Å². The molecule has 2 aromatic carbocycles. The van der Waals surface area contributed by atoms with Crippen LogP contribution in [-0.2, 0) is 30.7 Å². The number of benzene rings is 2. The van der Waals surface area contributed by atoms with E-state index in [1.165, 1.54) is 16.4 Å². The van der Waals surface area contributed by atoms with E-state index >= 15 is 0 Å². The largest absolute Gasteiger partial charge is 0.424 e. The topological polar surface area (TPSA) is 155 Å². The van der Waals surface area contributed by atoms with E-state index in [4.69, 9.17) is 13.9 Å². The molecule has 0 radical (unpaired) electrons. The van der Waals surface area contributed by atoms with Gasteiger partial charge in [-0.3, -0.25) is 4.79 Å². The van der Waals surface area contributed by atoms with E-state index in [2.05, 4.69) is 20.9 Å². The second-order valence-electron chi connectivity index (χ2n) is 14.5. The minimum absolute atomic E-state index is 0.0471. The molecule has 0 spiro atoms. The molecule has 3 heterocycles. The first-order chi connectivity index (χ1) is 23.7. The number of carbonyl (C=O) groups is 1. The Morgan fingerprint density at radius 2 is 1.76 bits per heavy atom. The minimum atomic E-state index is -4.20. The first kappa shape index (κ1) is 36.6. The van der Waals surface area contributed by atoms with Gasteiger partial charge in [0.15, 0.2) is 11.9 Å². The van der Waals surface area contributed by atoms with Crippen molar-refractivity contribution in [1.29, 1.82) is 0 Å². The Morgan fingerprint density at radius 3 is 2.44 bits per heavy atom. The van der Waals surface area contributed by atoms with Gasteiger partial charge in [-0.05, 0) is 87.2 Å². The minimum Gasteiger partial charge on any atom is -0.424 e. The molecule has 1 amide bonds. The monoisotopic (exact) mass is 719 g/mol. The molecule has 12 nitrogen and oxygen atoms in total. The molecule has 50 heavy (non-hydrogen) atoms. The quantitative estimate of drug-likeness (QED) is 0.184. The van der Waals surface area contributed by atoms with Gasteiger partial charge in [0.1, 0.15) is 17.2 Å². The third-order valence-corrected chi connectivity index (χ3v) is 11.8. The number of aliphatic hydroxyl groups is 1. The summed E-state index contributed by atoms with van der Waals surface area (Å²) in [4.78, 5) is 18.4. The van der Waals surface area contributed by atoms with Crippen molar-refractivity contribution in [2.45, 2.75) is 76.0 Å². The van der Waals surface area contributed by atoms with Gasteiger partial charge in [-0.15, -0.1) is 0 Å². The molecule has 274 valence electrons. The molecule has 1 saturated carbocycles. The van der Waals surface area contributed by atoms with Gasteiger partial charge in [0.2, 0.25) is 15.9 Å². The summed E-state index contributed by atoms with van der Waals surface area (Å²) in [6, 6.07) is 5.94. The summed E-state index contributed by atoms with van der Waals surface area (Å²) in [6.07, 6.45) is -0.996. The predicted molar refractivity (Wildman–Crippen MR) is 181 cm³/mol. The molecule has 1 aromatic heterocycles. The highest BCUT2D eigenvalue weighted by Crippen LogP contribution is 2.52. The van der Waals surface area contributed by atoms with E-state index < -0.39 is 52.3 Å². The number of ether oxygens (including phenoxy) is 2. The van der Waals surface area contributed by atoms with Gasteiger partial charge in [-0.25, -0.2) is 17.2 Å². The summed E-state index contributed by atoms with van der Waals surface area (Å²) in [5, 5.41) is 20.9. The van der Waals surface area contributed by atoms with Crippen LogP contribution in [0.5, 0.6) is 0 Å². The molecular weight excluding hydrogens is 672 g/mol. The summed E-state index contributed by atoms with van der Waals surface area (Å²) >= 11 is 0. The molecule has 3 aliphatic rings. The van der Waals surface area contributed by atoms with Crippen LogP contribution >= 0.6 is 0 Å². The maximum Gasteiger partial charge on any atom is 0.295 e. The lowest BCUT2D eigenvalue weighted by Gasteiger charge is -2.35. The van der Waals surface area contributed by atoms with Gasteiger partial charge in [-0.2, -0.15) is 9.29 Å². The van der Waals surface area contributed by atoms with Gasteiger partial charge in [0.05, 0.1) is 36.3 Å². The molecule has 2 saturated heterocycles. The summed E-state index contributed by atoms with van der Waals surface area (Å²) in [5.74, 6) is -1.80. The second-order valence-corrected chi connectivity index (χ2v) is 16.5. The molecule has 6 rings (SSSR count). The van der Waals surface area contributed by atoms with Crippen LogP contribution in [0.25, 0.3) is 11.1 Å². The number of hydrogen-bond acceptors (Lipinski definition) is 10. The summed E-state index contributed by atoms with van der Waals surface area (Å²) in [5.41, 5.74) is 0.950. The Labute approximate surface area is 291 Å². The van der Waals surface area contributed by atoms with Crippen LogP contribution in [0.4, 0.5) is 14.8 Å². The van der Waals surface area contributed by atoms with Gasteiger partial charge in [0, 0.05) is 37.2 Å². The summed E-state index contributed by atoms with van der Waals surface area (Å²) < 4.78 is 75.5. The Balaban J connectivity index is 1.27. The number of rotatable bonds is 15. The summed E-state index contributed by atoms with van der Waals surface area (Å²) in [6.45, 7) is 8.15. The number of oxazole rings is 1. The number of anilines is 1. The van der Waals surface area contributed by atoms with Crippen molar-refractivity contribution in [2.24, 2.45) is 29.6 Å². The van der Waals surface area contributed by atoms with Crippen molar-refractivity contribution < 1.29 is 41.0 Å². The summed E-state index contributed by atoms with van der Waals surface area (Å²) in [7, 11) is -2.51. The van der Waals surface area contributed by atoms with Crippen molar-refractivity contribution >= 4 is 33.0 Å². The lowest BCUT2D eigenvalue weighted by molar-refractivity contribution is -0.166. The van der Waals surface area contributed by atoms with Gasteiger partial charge in [-0.1, -0.05) is 13.8 Å². The van der Waals surface area contributed by atoms with Crippen LogP contribution < -0.4 is 16.0 Å². The fourth-order valence-corrected chi connectivity index (χ4v) is 9.49. The average molecular weight is 720 g/mol. The molecule has 15 heteroatoms. The predicted octanol–water partition coefficient (Wildman–Crippen LogP) is 3.50. The number of nitrogens with one attached hydrogen (secondary N) is 3. The first-order valence-electron chi connectivity index (χ1n) is 17.2. The number of hydrogen-bond donors (Lipinski definition) is 4. The Kier molecular flexibility index (Phi) is 10.8. The molecule has 3 fully saturated rings. The van der Waals surface area contributed by atoms with Crippen molar-refractivity contribution in [2.75, 3.05) is 38.7 Å². The van der Waals surface area contributed by atoms with E-state index in [1.807, 2.05) is 27.7 Å². The Morgan fingerprint density at radius 1 is 1.04 bits per heavy atom. The molecule has 8 atom stereocenters. The number of amides is 1. The Hall–Kier alpha value is -3.21. The zero-order valence-corrected chi connectivity index (χ0v) is 29.8. The molecule has 3 aromatic rings. The van der Waals surface area contributed by atoms with E-state index in [-0.39, 0.29) is 76.9 Å². The number of likely N-dealkylation sites (N-methyl/N-ethyl adjacent to an activating group) is 1. The van der Waals surface area contributed by atoms with E-state index in [9.17, 15) is 27.1 Å². The molecule has 1 aliphatic carbocycles. The van der Waals surface area contributed by atoms with Crippen LogP contribution in [0, 0.1) is 41.2 Å². The third kappa shape index (κ3) is 7.67. The maximum absolute atomic E-state index is 14.3. The number of aliphatic hydroxyl groups excluding tert-OH is 1. The lowest BCUT2D eigenvalue weighted by Crippen LogP contribution is -2.57. The molecule has 2 bridgehead atoms. The number of aromatic nitrogens is 1. The highest BCUT2D eigenvalue weighted by molar-refractivity contribution is 7.89. The number of fused-ring (bicyclic) bond motifs is 2. The van der Waals surface area contributed by atoms with Crippen LogP contribution in [0.3, 0.4) is 0 Å². The van der Waals surface area contributed by atoms with Crippen LogP contribution in [0.15, 0.2) is 45.7 Å². The van der Waals surface area contributed by atoms with Crippen LogP contribution in [-0.4, -0.2) is 92.6 Å². The highest BCUT2D eigenvalue weighted by atomic mass is 32.2. The lowest BCUT2D eigenvalue weighted by atomic mass is 9.82. The first-order valence-corrected chi connectivity index (χ1v) is 18.7. The molecule has 2 aliphatic heterocycles. The van der Waals surface area contributed by atoms with E-state index in [0.717, 1.165) is 24.6 Å². The zero-order chi connectivity index (χ0) is 35.9. The SMILES string of the molecule is CN[C@H](C(=O)N[C@@H](Cc1cc(F)cc(F)c1)[C@H](O)CN(CC(C)C)S(=O)(=O)c1ccc2nc(NC(C)C)oc2c1)[C@H]1C2CO[C@H]3OC[C@@H]1C3C2. The van der Waals surface area contributed by atoms with Gasteiger partial charge < -0.3 is 34.9 Å². The fraction of sp³-hybridized carbons (Fsp3) is 0.600. The molecule has 4 N–H and O–H groups in total. The number of halogens is 2. The van der Waals surface area contributed by atoms with Crippen LogP contribution in [0.1, 0.15) is 39.7 Å². The van der Waals surface area contributed by atoms with Gasteiger partial charge in [0.25, 0.3) is 6.01 Å². The standard InChI is InChI=1S/C35H47F2N5O7S/c1-18(2)14-42(50(45,46)24-6-7-27-30(13-24)49-35(41-27)39-19(3)4)15-29(43)28(10-20-8-22(36)12-23(37)9-20)40-33(44)32(38-5)31-21-11-25-26(31)17-48-34(25)47-16-21/h6-9,12-13,18-19,21,25-26,28-29,31-32,34,38,43H,10-11,14-17H2,1-5H3,(H,39,41)(H,40,44)/t21?,25?,26-,28+,29-,31+,32+,34+/m1/s1. The maximum atomic E-state index is 14.3. The number of nitrogens with zero attached hydrogens (tertiary/aromatic N) is 2. The number of sulfonamides is 1. The van der Waals surface area contributed by atoms with E-state index in [1.54, 1.807) is 13.1 Å². The van der Waals surface area contributed by atoms with Gasteiger partial charge >= 0.3 is 0 Å².